The highest BCUT2D eigenvalue weighted by molar-refractivity contribution is 7.16. The Morgan fingerprint density at radius 1 is 1.37 bits per heavy atom. The van der Waals surface area contributed by atoms with E-state index in [0.29, 0.717) is 18.3 Å². The molecular weight excluding hydrogens is 282 g/mol. The van der Waals surface area contributed by atoms with Gasteiger partial charge in [0.25, 0.3) is 0 Å². The van der Waals surface area contributed by atoms with Crippen molar-refractivity contribution in [1.29, 1.82) is 0 Å². The van der Waals surface area contributed by atoms with Crippen LogP contribution in [0.5, 0.6) is 5.88 Å². The molecule has 2 rings (SSSR count). The van der Waals surface area contributed by atoms with Crippen LogP contribution in [0.15, 0.2) is 18.2 Å². The first kappa shape index (κ1) is 14.1. The van der Waals surface area contributed by atoms with Gasteiger partial charge in [0.15, 0.2) is 0 Å². The van der Waals surface area contributed by atoms with E-state index in [2.05, 4.69) is 15.3 Å². The van der Waals surface area contributed by atoms with Crippen molar-refractivity contribution < 1.29 is 4.74 Å². The van der Waals surface area contributed by atoms with Gasteiger partial charge in [-0.1, -0.05) is 11.6 Å². The van der Waals surface area contributed by atoms with Crippen LogP contribution in [0.4, 0.5) is 5.82 Å². The molecule has 6 heteroatoms. The lowest BCUT2D eigenvalue weighted by Gasteiger charge is -2.08. The van der Waals surface area contributed by atoms with Crippen LogP contribution < -0.4 is 10.1 Å². The summed E-state index contributed by atoms with van der Waals surface area (Å²) in [5, 5.41) is 3.27. The van der Waals surface area contributed by atoms with Gasteiger partial charge in [0, 0.05) is 17.5 Å². The molecule has 0 saturated carbocycles. The molecule has 0 aromatic carbocycles. The first-order chi connectivity index (χ1) is 9.17. The lowest BCUT2D eigenvalue weighted by molar-refractivity contribution is 0.325. The molecule has 0 aliphatic heterocycles. The maximum Gasteiger partial charge on any atom is 0.218 e. The minimum absolute atomic E-state index is 0.601. The Morgan fingerprint density at radius 2 is 2.21 bits per heavy atom. The van der Waals surface area contributed by atoms with Crippen LogP contribution in [-0.2, 0) is 6.42 Å². The zero-order valence-corrected chi connectivity index (χ0v) is 12.5. The number of ether oxygens (including phenoxy) is 1. The first-order valence-electron chi connectivity index (χ1n) is 6.14. The highest BCUT2D eigenvalue weighted by Crippen LogP contribution is 2.21. The van der Waals surface area contributed by atoms with Gasteiger partial charge in [-0.2, -0.15) is 4.98 Å². The van der Waals surface area contributed by atoms with E-state index >= 15 is 0 Å². The summed E-state index contributed by atoms with van der Waals surface area (Å²) in [7, 11) is 0. The molecule has 2 heterocycles. The average Bonchev–Trinajstić information content (AvgIpc) is 2.75. The van der Waals surface area contributed by atoms with Crippen LogP contribution >= 0.6 is 22.9 Å². The predicted octanol–water partition coefficient (Wildman–Crippen LogP) is 3.55. The molecule has 0 atom stereocenters. The van der Waals surface area contributed by atoms with E-state index in [-0.39, 0.29) is 0 Å². The number of thiophene rings is 1. The zero-order chi connectivity index (χ0) is 13.7. The molecule has 0 spiro atoms. The van der Waals surface area contributed by atoms with Gasteiger partial charge in [0.2, 0.25) is 5.88 Å². The van der Waals surface area contributed by atoms with Crippen molar-refractivity contribution in [2.45, 2.75) is 20.3 Å². The summed E-state index contributed by atoms with van der Waals surface area (Å²) in [5.74, 6) is 2.10. The molecule has 0 saturated heterocycles. The lowest BCUT2D eigenvalue weighted by Crippen LogP contribution is -2.07. The summed E-state index contributed by atoms with van der Waals surface area (Å²) in [4.78, 5) is 9.79. The molecule has 102 valence electrons. The number of anilines is 1. The van der Waals surface area contributed by atoms with Crippen molar-refractivity contribution in [3.05, 3.63) is 33.2 Å². The van der Waals surface area contributed by atoms with E-state index in [1.54, 1.807) is 11.3 Å². The Bertz CT molecular complexity index is 544. The molecule has 0 aliphatic rings. The van der Waals surface area contributed by atoms with Crippen LogP contribution in [0.25, 0.3) is 0 Å². The largest absolute Gasteiger partial charge is 0.478 e. The van der Waals surface area contributed by atoms with E-state index in [0.717, 1.165) is 23.1 Å². The number of nitrogens with one attached hydrogen (secondary N) is 1. The molecule has 4 nitrogen and oxygen atoms in total. The lowest BCUT2D eigenvalue weighted by atomic mass is 10.3. The number of aryl methyl sites for hydroxylation is 1. The van der Waals surface area contributed by atoms with Crippen LogP contribution in [0, 0.1) is 6.92 Å². The monoisotopic (exact) mass is 297 g/mol. The maximum absolute atomic E-state index is 5.89. The molecule has 0 radical (unpaired) electrons. The van der Waals surface area contributed by atoms with Crippen LogP contribution in [0.1, 0.15) is 17.6 Å². The second-order valence-corrected chi connectivity index (χ2v) is 5.75. The molecular formula is C13H16ClN3OS. The summed E-state index contributed by atoms with van der Waals surface area (Å²) in [6, 6.07) is 5.78. The first-order valence-corrected chi connectivity index (χ1v) is 7.33. The number of aromatic nitrogens is 2. The highest BCUT2D eigenvalue weighted by Gasteiger charge is 2.03. The van der Waals surface area contributed by atoms with Crippen molar-refractivity contribution >= 4 is 28.8 Å². The van der Waals surface area contributed by atoms with Crippen molar-refractivity contribution in [2.75, 3.05) is 18.5 Å². The quantitative estimate of drug-likeness (QED) is 0.886. The Kier molecular flexibility index (Phi) is 4.99. The Labute approximate surface area is 121 Å². The van der Waals surface area contributed by atoms with Crippen molar-refractivity contribution in [2.24, 2.45) is 0 Å². The minimum Gasteiger partial charge on any atom is -0.478 e. The van der Waals surface area contributed by atoms with Crippen molar-refractivity contribution in [1.82, 2.24) is 9.97 Å². The SMILES string of the molecule is CCOc1cc(NCCc2ccc(Cl)s2)nc(C)n1. The third-order valence-corrected chi connectivity index (χ3v) is 3.70. The molecule has 0 fully saturated rings. The van der Waals surface area contributed by atoms with Gasteiger partial charge in [-0.15, -0.1) is 11.3 Å². The standard InChI is InChI=1S/C13H16ClN3OS/c1-3-18-13-8-12(16-9(2)17-13)15-7-6-10-4-5-11(14)19-10/h4-5,8H,3,6-7H2,1-2H3,(H,15,16,17). The van der Waals surface area contributed by atoms with Crippen LogP contribution in [0.3, 0.4) is 0 Å². The molecule has 0 unspecified atom stereocenters. The normalized spacial score (nSPS) is 10.5. The predicted molar refractivity (Wildman–Crippen MR) is 79.5 cm³/mol. The fraction of sp³-hybridized carbons (Fsp3) is 0.385. The highest BCUT2D eigenvalue weighted by atomic mass is 35.5. The minimum atomic E-state index is 0.601. The summed E-state index contributed by atoms with van der Waals surface area (Å²) >= 11 is 7.50. The fourth-order valence-corrected chi connectivity index (χ4v) is 2.74. The average molecular weight is 298 g/mol. The zero-order valence-electron chi connectivity index (χ0n) is 10.9. The van der Waals surface area contributed by atoms with Crippen LogP contribution in [0.2, 0.25) is 4.34 Å². The number of halogens is 1. The second-order valence-electron chi connectivity index (χ2n) is 3.95. The third-order valence-electron chi connectivity index (χ3n) is 2.41. The smallest absolute Gasteiger partial charge is 0.218 e. The molecule has 19 heavy (non-hydrogen) atoms. The summed E-state index contributed by atoms with van der Waals surface area (Å²) in [6.07, 6.45) is 0.921. The number of rotatable bonds is 6. The van der Waals surface area contributed by atoms with E-state index < -0.39 is 0 Å². The van der Waals surface area contributed by atoms with Gasteiger partial charge in [-0.25, -0.2) is 4.98 Å². The van der Waals surface area contributed by atoms with Crippen molar-refractivity contribution in [3.63, 3.8) is 0 Å². The van der Waals surface area contributed by atoms with Crippen LogP contribution in [-0.4, -0.2) is 23.1 Å². The van der Waals surface area contributed by atoms with Crippen molar-refractivity contribution in [3.8, 4) is 5.88 Å². The molecule has 0 bridgehead atoms. The van der Waals surface area contributed by atoms with E-state index in [4.69, 9.17) is 16.3 Å². The van der Waals surface area contributed by atoms with Gasteiger partial charge in [0.1, 0.15) is 11.6 Å². The summed E-state index contributed by atoms with van der Waals surface area (Å²) in [6.45, 7) is 5.19. The summed E-state index contributed by atoms with van der Waals surface area (Å²) < 4.78 is 6.21. The topological polar surface area (TPSA) is 47.0 Å². The molecule has 2 aromatic rings. The summed E-state index contributed by atoms with van der Waals surface area (Å²) in [5.41, 5.74) is 0. The Hall–Kier alpha value is -1.33. The van der Waals surface area contributed by atoms with Gasteiger partial charge >= 0.3 is 0 Å². The molecule has 0 aliphatic carbocycles. The Morgan fingerprint density at radius 3 is 2.89 bits per heavy atom. The number of nitrogens with zero attached hydrogens (tertiary/aromatic N) is 2. The molecule has 0 amide bonds. The van der Waals surface area contributed by atoms with E-state index in [1.807, 2.05) is 32.0 Å². The van der Waals surface area contributed by atoms with E-state index in [1.165, 1.54) is 4.88 Å². The molecule has 1 N–H and O–H groups in total. The van der Waals surface area contributed by atoms with E-state index in [9.17, 15) is 0 Å². The third kappa shape index (κ3) is 4.36. The number of hydrogen-bond acceptors (Lipinski definition) is 5. The van der Waals surface area contributed by atoms with Gasteiger partial charge in [0.05, 0.1) is 10.9 Å². The maximum atomic E-state index is 5.89. The Balaban J connectivity index is 1.91. The molecule has 2 aromatic heterocycles. The fourth-order valence-electron chi connectivity index (χ4n) is 1.65. The number of hydrogen-bond donors (Lipinski definition) is 1. The van der Waals surface area contributed by atoms with Gasteiger partial charge < -0.3 is 10.1 Å². The van der Waals surface area contributed by atoms with Gasteiger partial charge in [-0.05, 0) is 32.4 Å². The van der Waals surface area contributed by atoms with Gasteiger partial charge in [-0.3, -0.25) is 0 Å². The second kappa shape index (κ2) is 6.73.